The summed E-state index contributed by atoms with van der Waals surface area (Å²) in [4.78, 5) is 21.3. The molecule has 0 heterocycles. The zero-order chi connectivity index (χ0) is 15.4. The number of para-hydroxylation sites is 1. The van der Waals surface area contributed by atoms with Crippen LogP contribution in [0.2, 0.25) is 0 Å². The smallest absolute Gasteiger partial charge is 0.352 e. The summed E-state index contributed by atoms with van der Waals surface area (Å²) in [5.41, 5.74) is -0.190. The number of carboxylic acid groups (broad SMARTS) is 1. The second-order valence-electron chi connectivity index (χ2n) is 4.00. The van der Waals surface area contributed by atoms with E-state index in [0.29, 0.717) is 0 Å². The summed E-state index contributed by atoms with van der Waals surface area (Å²) in [5.74, 6) is -0.674. The summed E-state index contributed by atoms with van der Waals surface area (Å²) in [6.45, 7) is 0. The lowest BCUT2D eigenvalue weighted by Crippen LogP contribution is -1.98. The molecule has 0 saturated heterocycles. The summed E-state index contributed by atoms with van der Waals surface area (Å²) < 4.78 is 10.4. The number of hydrogen-bond acceptors (Lipinski definition) is 5. The first-order valence-corrected chi connectivity index (χ1v) is 5.85. The van der Waals surface area contributed by atoms with Crippen molar-refractivity contribution in [3.8, 4) is 17.2 Å². The molecule has 0 aliphatic carbocycles. The van der Waals surface area contributed by atoms with Gasteiger partial charge in [-0.2, -0.15) is 0 Å². The third-order valence-electron chi connectivity index (χ3n) is 2.69. The number of ether oxygens (including phenoxy) is 2. The molecule has 0 bridgehead atoms. The van der Waals surface area contributed by atoms with E-state index in [-0.39, 0.29) is 28.5 Å². The number of nitro groups is 1. The Bertz CT molecular complexity index is 680. The van der Waals surface area contributed by atoms with Crippen LogP contribution < -0.4 is 9.47 Å². The van der Waals surface area contributed by atoms with Gasteiger partial charge in [-0.15, -0.1) is 0 Å². The Morgan fingerprint density at radius 1 is 1.14 bits per heavy atom. The molecule has 7 heteroatoms. The van der Waals surface area contributed by atoms with Gasteiger partial charge in [0.05, 0.1) is 17.6 Å². The molecule has 2 aromatic rings. The van der Waals surface area contributed by atoms with Gasteiger partial charge in [0.15, 0.2) is 0 Å². The molecule has 0 amide bonds. The Morgan fingerprint density at radius 2 is 1.76 bits per heavy atom. The van der Waals surface area contributed by atoms with E-state index in [0.717, 1.165) is 0 Å². The normalized spacial score (nSPS) is 9.95. The minimum Gasteiger partial charge on any atom is -0.490 e. The Morgan fingerprint density at radius 3 is 2.29 bits per heavy atom. The van der Waals surface area contributed by atoms with E-state index in [2.05, 4.69) is 0 Å². The third kappa shape index (κ3) is 3.08. The highest BCUT2D eigenvalue weighted by Gasteiger charge is 2.22. The molecule has 0 atom stereocenters. The van der Waals surface area contributed by atoms with E-state index < -0.39 is 10.9 Å². The molecule has 0 radical (unpaired) electrons. The fourth-order valence-electron chi connectivity index (χ4n) is 1.72. The number of rotatable bonds is 5. The fourth-order valence-corrected chi connectivity index (χ4v) is 1.72. The maximum absolute atomic E-state index is 11.1. The summed E-state index contributed by atoms with van der Waals surface area (Å²) in [5, 5.41) is 19.9. The highest BCUT2D eigenvalue weighted by molar-refractivity contribution is 5.87. The number of aromatic carboxylic acids is 1. The Labute approximate surface area is 119 Å². The van der Waals surface area contributed by atoms with Gasteiger partial charge in [0.2, 0.25) is 11.5 Å². The second kappa shape index (κ2) is 5.91. The molecule has 2 rings (SSSR count). The number of hydrogen-bond donors (Lipinski definition) is 1. The van der Waals surface area contributed by atoms with Crippen molar-refractivity contribution in [2.45, 2.75) is 0 Å². The molecular formula is C14H11NO6. The van der Waals surface area contributed by atoms with Crippen molar-refractivity contribution >= 4 is 11.7 Å². The van der Waals surface area contributed by atoms with Crippen LogP contribution in [0.15, 0.2) is 42.5 Å². The first kappa shape index (κ1) is 14.3. The molecule has 0 fully saturated rings. The maximum Gasteiger partial charge on any atom is 0.352 e. The molecule has 0 aliphatic rings. The highest BCUT2D eigenvalue weighted by atomic mass is 16.6. The van der Waals surface area contributed by atoms with Crippen molar-refractivity contribution < 1.29 is 24.3 Å². The predicted octanol–water partition coefficient (Wildman–Crippen LogP) is 3.09. The molecule has 0 spiro atoms. The maximum atomic E-state index is 11.1. The Kier molecular flexibility index (Phi) is 4.03. The van der Waals surface area contributed by atoms with Crippen LogP contribution in [0.25, 0.3) is 0 Å². The first-order chi connectivity index (χ1) is 10.0. The number of benzene rings is 2. The van der Waals surface area contributed by atoms with Crippen molar-refractivity contribution in [3.05, 3.63) is 58.1 Å². The van der Waals surface area contributed by atoms with E-state index in [1.807, 2.05) is 0 Å². The number of carboxylic acids is 1. The molecule has 1 N–H and O–H groups in total. The van der Waals surface area contributed by atoms with Crippen LogP contribution >= 0.6 is 0 Å². The van der Waals surface area contributed by atoms with Gasteiger partial charge in [0, 0.05) is 0 Å². The van der Waals surface area contributed by atoms with Crippen molar-refractivity contribution in [3.63, 3.8) is 0 Å². The van der Waals surface area contributed by atoms with Gasteiger partial charge < -0.3 is 14.6 Å². The average molecular weight is 289 g/mol. The van der Waals surface area contributed by atoms with Gasteiger partial charge in [0.1, 0.15) is 5.75 Å². The number of nitrogens with zero attached hydrogens (tertiary/aromatic N) is 1. The highest BCUT2D eigenvalue weighted by Crippen LogP contribution is 2.38. The van der Waals surface area contributed by atoms with Crippen molar-refractivity contribution in [2.24, 2.45) is 0 Å². The first-order valence-electron chi connectivity index (χ1n) is 5.85. The monoisotopic (exact) mass is 289 g/mol. The lowest BCUT2D eigenvalue weighted by atomic mass is 10.2. The minimum absolute atomic E-state index is 0.0161. The molecule has 21 heavy (non-hydrogen) atoms. The Hall–Kier alpha value is -3.09. The lowest BCUT2D eigenvalue weighted by Gasteiger charge is -2.08. The van der Waals surface area contributed by atoms with Crippen LogP contribution in [0, 0.1) is 10.1 Å². The fraction of sp³-hybridized carbons (Fsp3) is 0.0714. The minimum atomic E-state index is -1.06. The number of nitro benzene ring substituents is 1. The van der Waals surface area contributed by atoms with E-state index in [4.69, 9.17) is 14.6 Å². The second-order valence-corrected chi connectivity index (χ2v) is 4.00. The standard InChI is InChI=1S/C14H11NO6/c1-20-11-3-2-4-12(13(11)15(18)19)21-10-7-5-9(6-8-10)14(16)17/h2-8H,1H3,(H,16,17). The molecule has 0 aromatic heterocycles. The zero-order valence-electron chi connectivity index (χ0n) is 11.0. The molecule has 0 aliphatic heterocycles. The van der Waals surface area contributed by atoms with E-state index in [1.165, 1.54) is 43.5 Å². The van der Waals surface area contributed by atoms with Crippen molar-refractivity contribution in [2.75, 3.05) is 7.11 Å². The SMILES string of the molecule is COc1cccc(Oc2ccc(C(=O)O)cc2)c1[N+](=O)[O-]. The lowest BCUT2D eigenvalue weighted by molar-refractivity contribution is -0.386. The third-order valence-corrected chi connectivity index (χ3v) is 2.69. The van der Waals surface area contributed by atoms with Crippen molar-refractivity contribution in [1.29, 1.82) is 0 Å². The van der Waals surface area contributed by atoms with Gasteiger partial charge in [-0.25, -0.2) is 4.79 Å². The number of carbonyl (C=O) groups is 1. The molecule has 0 unspecified atom stereocenters. The molecule has 7 nitrogen and oxygen atoms in total. The molecule has 0 saturated carbocycles. The van der Waals surface area contributed by atoms with Gasteiger partial charge in [-0.1, -0.05) is 6.07 Å². The number of methoxy groups -OCH3 is 1. The summed E-state index contributed by atoms with van der Waals surface area (Å²) in [6, 6.07) is 10.0. The summed E-state index contributed by atoms with van der Waals surface area (Å²) in [6.07, 6.45) is 0. The Balaban J connectivity index is 2.35. The van der Waals surface area contributed by atoms with Crippen LogP contribution in [0.1, 0.15) is 10.4 Å². The molecule has 108 valence electrons. The van der Waals surface area contributed by atoms with Crippen LogP contribution in [0.5, 0.6) is 17.2 Å². The van der Waals surface area contributed by atoms with Gasteiger partial charge >= 0.3 is 11.7 Å². The van der Waals surface area contributed by atoms with Gasteiger partial charge in [0.25, 0.3) is 0 Å². The van der Waals surface area contributed by atoms with Crippen LogP contribution in [0.3, 0.4) is 0 Å². The van der Waals surface area contributed by atoms with E-state index in [1.54, 1.807) is 6.07 Å². The molecular weight excluding hydrogens is 278 g/mol. The topological polar surface area (TPSA) is 98.9 Å². The van der Waals surface area contributed by atoms with Crippen molar-refractivity contribution in [1.82, 2.24) is 0 Å². The largest absolute Gasteiger partial charge is 0.490 e. The van der Waals surface area contributed by atoms with E-state index in [9.17, 15) is 14.9 Å². The van der Waals surface area contributed by atoms with Gasteiger partial charge in [-0.3, -0.25) is 10.1 Å². The van der Waals surface area contributed by atoms with Crippen LogP contribution in [0.4, 0.5) is 5.69 Å². The average Bonchev–Trinajstić information content (AvgIpc) is 2.47. The van der Waals surface area contributed by atoms with Gasteiger partial charge in [-0.05, 0) is 36.4 Å². The van der Waals surface area contributed by atoms with E-state index >= 15 is 0 Å². The summed E-state index contributed by atoms with van der Waals surface area (Å²) >= 11 is 0. The zero-order valence-corrected chi connectivity index (χ0v) is 11.0. The predicted molar refractivity (Wildman–Crippen MR) is 73.1 cm³/mol. The van der Waals surface area contributed by atoms with Crippen LogP contribution in [-0.4, -0.2) is 23.1 Å². The molecule has 2 aromatic carbocycles. The summed E-state index contributed by atoms with van der Waals surface area (Å²) in [7, 11) is 1.33. The quantitative estimate of drug-likeness (QED) is 0.670. The van der Waals surface area contributed by atoms with Crippen LogP contribution in [-0.2, 0) is 0 Å².